The third-order valence-electron chi connectivity index (χ3n) is 18.0. The van der Waals surface area contributed by atoms with Crippen molar-refractivity contribution in [2.24, 2.45) is 59.0 Å². The van der Waals surface area contributed by atoms with Crippen LogP contribution in [-0.4, -0.2) is 142 Å². The second-order valence-electron chi connectivity index (χ2n) is 24.5. The molecular weight excluding hydrogens is 1120 g/mol. The lowest BCUT2D eigenvalue weighted by atomic mass is 9.83. The van der Waals surface area contributed by atoms with Gasteiger partial charge in [-0.3, -0.25) is 52.7 Å². The first-order valence-corrected chi connectivity index (χ1v) is 31.7. The van der Waals surface area contributed by atoms with Crippen LogP contribution in [0.3, 0.4) is 0 Å². The predicted octanol–water partition coefficient (Wildman–Crippen LogP) is 3.36. The van der Waals surface area contributed by atoms with Crippen molar-refractivity contribution < 1.29 is 72.5 Å². The van der Waals surface area contributed by atoms with Gasteiger partial charge in [0.2, 0.25) is 47.3 Å². The first-order valence-electron chi connectivity index (χ1n) is 31.7. The van der Waals surface area contributed by atoms with Gasteiger partial charge in [0.15, 0.2) is 17.3 Å². The van der Waals surface area contributed by atoms with Crippen LogP contribution in [-0.2, 0) is 68.7 Å². The van der Waals surface area contributed by atoms with E-state index >= 15 is 0 Å². The van der Waals surface area contributed by atoms with Crippen molar-refractivity contribution in [1.82, 2.24) is 37.2 Å². The third-order valence-corrected chi connectivity index (χ3v) is 18.0. The van der Waals surface area contributed by atoms with E-state index in [0.29, 0.717) is 51.4 Å². The molecule has 11 N–H and O–H groups in total. The van der Waals surface area contributed by atoms with Crippen molar-refractivity contribution in [3.05, 3.63) is 35.9 Å². The molecule has 1 aliphatic carbocycles. The van der Waals surface area contributed by atoms with Gasteiger partial charge in [-0.15, -0.1) is 0 Å². The Balaban J connectivity index is 1.85. The number of ketones is 3. The summed E-state index contributed by atoms with van der Waals surface area (Å²) >= 11 is 0. The Morgan fingerprint density at radius 1 is 0.609 bits per heavy atom. The van der Waals surface area contributed by atoms with Crippen LogP contribution >= 0.6 is 0 Å². The molecule has 16 atom stereocenters. The van der Waals surface area contributed by atoms with Crippen LogP contribution in [0.25, 0.3) is 0 Å². The van der Waals surface area contributed by atoms with Crippen molar-refractivity contribution >= 4 is 70.6 Å². The topological polar surface area (TPSA) is 365 Å². The maximum atomic E-state index is 14.5. The number of primary amides is 1. The fraction of sp³-hybridized carbons (Fsp3) is 0.719. The lowest BCUT2D eigenvalue weighted by Gasteiger charge is -2.32. The molecule has 0 radical (unpaired) electrons. The first kappa shape index (κ1) is 74.6. The predicted molar refractivity (Wildman–Crippen MR) is 325 cm³/mol. The summed E-state index contributed by atoms with van der Waals surface area (Å²) in [5.74, 6) is -15.3. The van der Waals surface area contributed by atoms with Crippen molar-refractivity contribution in [1.29, 1.82) is 0 Å². The van der Waals surface area contributed by atoms with E-state index in [1.165, 1.54) is 13.8 Å². The lowest BCUT2D eigenvalue weighted by molar-refractivity contribution is -0.157. The molecule has 2 fully saturated rings. The molecule has 3 rings (SSSR count). The monoisotopic (exact) mass is 1220 g/mol. The molecule has 8 amide bonds. The van der Waals surface area contributed by atoms with Crippen LogP contribution in [0.5, 0.6) is 0 Å². The number of carbonyl (C=O) groups excluding carboxylic acids is 12. The van der Waals surface area contributed by atoms with E-state index in [1.54, 1.807) is 41.5 Å². The number of aliphatic hydroxyl groups excluding tert-OH is 2. The van der Waals surface area contributed by atoms with Gasteiger partial charge in [0.05, 0.1) is 43.2 Å². The number of aliphatic hydroxyl groups is 2. The van der Waals surface area contributed by atoms with Crippen LogP contribution in [0.15, 0.2) is 30.3 Å². The van der Waals surface area contributed by atoms with Crippen LogP contribution < -0.4 is 43.0 Å². The SMILES string of the molecule is CC[C@H](Cc1ccccc1)C(=O)N[C@H](C(=O)C[C@@H](CO)C(=O)N[C@H](CCC(N)=O)C(=O)C[C@@H](C(=O)N[C@H](C(=O)C[C@@H](CO)C(=O)N[C@H]1C(=O)N[C@@H](C)C(=O)N[C@@H](C2CCCCC2)C(=O)N[C@@H]([C@@H](C)CC)C(=O)O[C@H]1C)[C@@H](C)CC)[C@H](C)CC)[C@@H](C)CC. The summed E-state index contributed by atoms with van der Waals surface area (Å²) in [6, 6.07) is 0.621. The van der Waals surface area contributed by atoms with Crippen LogP contribution in [0.2, 0.25) is 0 Å². The molecule has 1 aromatic rings. The molecule has 1 aliphatic heterocycles. The van der Waals surface area contributed by atoms with Gasteiger partial charge in [0, 0.05) is 37.5 Å². The van der Waals surface area contributed by atoms with E-state index in [-0.39, 0.29) is 30.6 Å². The summed E-state index contributed by atoms with van der Waals surface area (Å²) in [5, 5.41) is 40.1. The van der Waals surface area contributed by atoms with Crippen molar-refractivity contribution in [3.8, 4) is 0 Å². The minimum Gasteiger partial charge on any atom is -0.458 e. The maximum absolute atomic E-state index is 14.5. The minimum atomic E-state index is -1.68. The lowest BCUT2D eigenvalue weighted by Crippen LogP contribution is -2.59. The van der Waals surface area contributed by atoms with E-state index in [4.69, 9.17) is 10.5 Å². The van der Waals surface area contributed by atoms with E-state index < -0.39 is 187 Å². The van der Waals surface area contributed by atoms with Gasteiger partial charge in [-0.2, -0.15) is 0 Å². The first-order chi connectivity index (χ1) is 41.2. The molecule has 1 saturated heterocycles. The number of carbonyl (C=O) groups is 12. The van der Waals surface area contributed by atoms with Gasteiger partial charge >= 0.3 is 5.97 Å². The number of ether oxygens (including phenoxy) is 1. The second-order valence-corrected chi connectivity index (χ2v) is 24.5. The second kappa shape index (κ2) is 37.3. The highest BCUT2D eigenvalue weighted by Gasteiger charge is 2.42. The molecule has 488 valence electrons. The summed E-state index contributed by atoms with van der Waals surface area (Å²) in [6.07, 6.45) is 2.81. The quantitative estimate of drug-likeness (QED) is 0.0443. The normalized spacial score (nSPS) is 22.7. The van der Waals surface area contributed by atoms with Crippen LogP contribution in [0.1, 0.15) is 178 Å². The maximum Gasteiger partial charge on any atom is 0.329 e. The fourth-order valence-corrected chi connectivity index (χ4v) is 11.1. The average Bonchev–Trinajstić information content (AvgIpc) is 3.51. The largest absolute Gasteiger partial charge is 0.458 e. The van der Waals surface area contributed by atoms with Crippen LogP contribution in [0, 0.1) is 53.3 Å². The number of hydrogen-bond donors (Lipinski definition) is 10. The molecular formula is C64H102N8O15. The molecule has 0 aromatic heterocycles. The van der Waals surface area contributed by atoms with Crippen molar-refractivity contribution in [2.45, 2.75) is 227 Å². The van der Waals surface area contributed by atoms with E-state index in [2.05, 4.69) is 37.2 Å². The molecule has 1 aromatic carbocycles. The fourth-order valence-electron chi connectivity index (χ4n) is 11.1. The molecule has 0 bridgehead atoms. The highest BCUT2D eigenvalue weighted by molar-refractivity contribution is 5.99. The molecule has 2 aliphatic rings. The van der Waals surface area contributed by atoms with E-state index in [0.717, 1.165) is 24.8 Å². The summed E-state index contributed by atoms with van der Waals surface area (Å²) in [6.45, 7) is 17.0. The van der Waals surface area contributed by atoms with E-state index in [1.807, 2.05) is 51.1 Å². The smallest absolute Gasteiger partial charge is 0.329 e. The summed E-state index contributed by atoms with van der Waals surface area (Å²) in [4.78, 5) is 167. The highest BCUT2D eigenvalue weighted by atomic mass is 16.5. The number of Topliss-reactive ketones (excluding diaryl/α,β-unsaturated/α-hetero) is 3. The third kappa shape index (κ3) is 22.8. The van der Waals surface area contributed by atoms with Gasteiger partial charge < -0.3 is 57.9 Å². The Hall–Kier alpha value is -6.62. The Morgan fingerprint density at radius 3 is 1.67 bits per heavy atom. The number of cyclic esters (lactones) is 1. The van der Waals surface area contributed by atoms with E-state index in [9.17, 15) is 67.7 Å². The molecule has 23 heteroatoms. The zero-order chi connectivity index (χ0) is 65.2. The zero-order valence-electron chi connectivity index (χ0n) is 53.2. The Kier molecular flexibility index (Phi) is 32.0. The number of amides is 8. The van der Waals surface area contributed by atoms with Gasteiger partial charge in [-0.1, -0.05) is 138 Å². The average molecular weight is 1220 g/mol. The standard InChI is InChI=1S/C64H102N8O15/c1-12-35(6)46(32-48(75)47(27-28-51(65)78)67-59(81)44(33-73)30-49(76)52(36(7)13-2)68-58(80)42(16-5)29-41-23-19-17-20-24-41)61(83)69-53(37(8)14-3)50(77)31-45(34-74)60(82)71-55-40(11)87-64(86)54(38(9)15-4)70-63(85)56(43-25-21-18-22-26-43)72-57(79)39(10)66-62(55)84/h17,19-20,23-24,35-40,42-47,52-56,73-74H,12-16,18,21-22,25-34H2,1-11H3,(H2,65,78)(H,66,84)(H,67,81)(H,68,80)(H,69,83)(H,70,85)(H,71,82)(H,72,79)/t35-,36+,37+,38+,39+,40+,42-,44+,45+,46-,47-,52+,53+,54+,55-,56+/m1/s1. The number of benzene rings is 1. The number of nitrogens with one attached hydrogen (secondary N) is 7. The van der Waals surface area contributed by atoms with Crippen molar-refractivity contribution in [2.75, 3.05) is 13.2 Å². The summed E-state index contributed by atoms with van der Waals surface area (Å²) in [7, 11) is 0. The molecule has 1 saturated carbocycles. The van der Waals surface area contributed by atoms with Gasteiger partial charge in [-0.05, 0) is 81.1 Å². The molecule has 0 spiro atoms. The number of rotatable bonds is 34. The Morgan fingerprint density at radius 2 is 1.15 bits per heavy atom. The molecule has 87 heavy (non-hydrogen) atoms. The minimum absolute atomic E-state index is 0.228. The number of nitrogens with two attached hydrogens (primary N) is 1. The number of esters is 1. The van der Waals surface area contributed by atoms with Crippen LogP contribution in [0.4, 0.5) is 0 Å². The Labute approximate surface area is 513 Å². The molecule has 23 nitrogen and oxygen atoms in total. The summed E-state index contributed by atoms with van der Waals surface area (Å²) in [5.41, 5.74) is 6.45. The highest BCUT2D eigenvalue weighted by Crippen LogP contribution is 2.29. The van der Waals surface area contributed by atoms with Gasteiger partial charge in [0.1, 0.15) is 30.3 Å². The van der Waals surface area contributed by atoms with Gasteiger partial charge in [-0.25, -0.2) is 4.79 Å². The number of hydrogen-bond acceptors (Lipinski definition) is 15. The zero-order valence-corrected chi connectivity index (χ0v) is 53.2. The molecule has 1 heterocycles. The van der Waals surface area contributed by atoms with Crippen molar-refractivity contribution in [3.63, 3.8) is 0 Å². The molecule has 0 unspecified atom stereocenters. The summed E-state index contributed by atoms with van der Waals surface area (Å²) < 4.78 is 5.80. The Bertz CT molecular complexity index is 2490. The van der Waals surface area contributed by atoms with Gasteiger partial charge in [0.25, 0.3) is 0 Å².